The number of anilines is 2. The Morgan fingerprint density at radius 3 is 1.91 bits per heavy atom. The fraction of sp³-hybridized carbons (Fsp3) is 0.529. The van der Waals surface area contributed by atoms with E-state index in [1.807, 2.05) is 27.7 Å². The van der Waals surface area contributed by atoms with Gasteiger partial charge in [0.15, 0.2) is 0 Å². The van der Waals surface area contributed by atoms with Crippen molar-refractivity contribution >= 4 is 23.2 Å². The molecule has 2 amide bonds. The highest BCUT2D eigenvalue weighted by Crippen LogP contribution is 2.15. The van der Waals surface area contributed by atoms with Crippen LogP contribution < -0.4 is 16.4 Å². The van der Waals surface area contributed by atoms with Gasteiger partial charge in [-0.15, -0.1) is 0 Å². The molecule has 0 aromatic heterocycles. The van der Waals surface area contributed by atoms with Crippen LogP contribution in [0.25, 0.3) is 0 Å². The van der Waals surface area contributed by atoms with Crippen molar-refractivity contribution < 1.29 is 9.59 Å². The van der Waals surface area contributed by atoms with E-state index in [9.17, 15) is 9.59 Å². The number of rotatable bonds is 7. The number of hydrogen-bond acceptors (Lipinski definition) is 3. The van der Waals surface area contributed by atoms with Crippen molar-refractivity contribution in [1.82, 2.24) is 0 Å². The van der Waals surface area contributed by atoms with Gasteiger partial charge in [0, 0.05) is 17.8 Å². The van der Waals surface area contributed by atoms with Crippen molar-refractivity contribution in [2.24, 2.45) is 17.6 Å². The zero-order valence-electron chi connectivity index (χ0n) is 13.8. The maximum absolute atomic E-state index is 11.9. The molecule has 1 aromatic rings. The summed E-state index contributed by atoms with van der Waals surface area (Å²) < 4.78 is 0. The van der Waals surface area contributed by atoms with Crippen molar-refractivity contribution in [2.75, 3.05) is 10.6 Å². The Balaban J connectivity index is 2.54. The lowest BCUT2D eigenvalue weighted by molar-refractivity contribution is -0.118. The highest BCUT2D eigenvalue weighted by Gasteiger charge is 2.15. The molecule has 1 rings (SSSR count). The summed E-state index contributed by atoms with van der Waals surface area (Å²) in [6, 6.07) is 6.53. The van der Waals surface area contributed by atoms with Gasteiger partial charge in [-0.25, -0.2) is 0 Å². The SMILES string of the molecule is CC(C)CC(=O)Nc1ccc(NC(=O)[C@@H](N)CC(C)C)cc1. The summed E-state index contributed by atoms with van der Waals surface area (Å²) in [4.78, 5) is 23.6. The molecular formula is C17H27N3O2. The zero-order valence-corrected chi connectivity index (χ0v) is 13.8. The molecule has 0 unspecified atom stereocenters. The van der Waals surface area contributed by atoms with Crippen LogP contribution in [-0.4, -0.2) is 17.9 Å². The smallest absolute Gasteiger partial charge is 0.241 e. The van der Waals surface area contributed by atoms with E-state index < -0.39 is 6.04 Å². The largest absolute Gasteiger partial charge is 0.326 e. The van der Waals surface area contributed by atoms with Crippen molar-refractivity contribution in [3.05, 3.63) is 24.3 Å². The van der Waals surface area contributed by atoms with Crippen LogP contribution in [0.4, 0.5) is 11.4 Å². The Hall–Kier alpha value is -1.88. The van der Waals surface area contributed by atoms with E-state index in [2.05, 4.69) is 10.6 Å². The zero-order chi connectivity index (χ0) is 16.7. The van der Waals surface area contributed by atoms with Crippen molar-refractivity contribution in [3.8, 4) is 0 Å². The van der Waals surface area contributed by atoms with E-state index in [1.165, 1.54) is 0 Å². The fourth-order valence-electron chi connectivity index (χ4n) is 2.07. The van der Waals surface area contributed by atoms with Gasteiger partial charge in [0.05, 0.1) is 6.04 Å². The lowest BCUT2D eigenvalue weighted by Crippen LogP contribution is -2.36. The molecule has 22 heavy (non-hydrogen) atoms. The first kappa shape index (κ1) is 18.2. The van der Waals surface area contributed by atoms with E-state index in [4.69, 9.17) is 5.73 Å². The van der Waals surface area contributed by atoms with Crippen LogP contribution in [0, 0.1) is 11.8 Å². The summed E-state index contributed by atoms with van der Waals surface area (Å²) in [5.74, 6) is 0.497. The van der Waals surface area contributed by atoms with Gasteiger partial charge in [0.1, 0.15) is 0 Å². The fourth-order valence-corrected chi connectivity index (χ4v) is 2.07. The van der Waals surface area contributed by atoms with E-state index >= 15 is 0 Å². The molecule has 0 saturated heterocycles. The molecule has 0 radical (unpaired) electrons. The molecule has 4 N–H and O–H groups in total. The molecule has 0 aliphatic rings. The van der Waals surface area contributed by atoms with Crippen LogP contribution >= 0.6 is 0 Å². The molecule has 0 heterocycles. The standard InChI is InChI=1S/C17H27N3O2/c1-11(2)9-15(18)17(22)20-14-7-5-13(6-8-14)19-16(21)10-12(3)4/h5-8,11-12,15H,9-10,18H2,1-4H3,(H,19,21)(H,20,22)/t15-/m0/s1. The Morgan fingerprint density at radius 1 is 0.955 bits per heavy atom. The van der Waals surface area contributed by atoms with Crippen LogP contribution in [0.1, 0.15) is 40.5 Å². The van der Waals surface area contributed by atoms with Crippen molar-refractivity contribution in [3.63, 3.8) is 0 Å². The van der Waals surface area contributed by atoms with Gasteiger partial charge in [-0.2, -0.15) is 0 Å². The summed E-state index contributed by atoms with van der Waals surface area (Å²) in [5.41, 5.74) is 7.23. The van der Waals surface area contributed by atoms with Crippen molar-refractivity contribution in [2.45, 2.75) is 46.6 Å². The molecule has 0 saturated carbocycles. The summed E-state index contributed by atoms with van der Waals surface area (Å²) in [7, 11) is 0. The van der Waals surface area contributed by atoms with Crippen LogP contribution in [0.2, 0.25) is 0 Å². The summed E-state index contributed by atoms with van der Waals surface area (Å²) in [6.07, 6.45) is 1.14. The minimum absolute atomic E-state index is 0.00857. The average Bonchev–Trinajstić information content (AvgIpc) is 2.39. The number of carbonyl (C=O) groups excluding carboxylic acids is 2. The second-order valence-electron chi connectivity index (χ2n) is 6.45. The molecule has 5 nitrogen and oxygen atoms in total. The lowest BCUT2D eigenvalue weighted by Gasteiger charge is -2.14. The molecule has 122 valence electrons. The van der Waals surface area contributed by atoms with E-state index in [1.54, 1.807) is 24.3 Å². The van der Waals surface area contributed by atoms with E-state index in [0.29, 0.717) is 30.4 Å². The van der Waals surface area contributed by atoms with Crippen molar-refractivity contribution in [1.29, 1.82) is 0 Å². The number of nitrogens with one attached hydrogen (secondary N) is 2. The topological polar surface area (TPSA) is 84.2 Å². The first-order chi connectivity index (χ1) is 10.3. The lowest BCUT2D eigenvalue weighted by atomic mass is 10.0. The third kappa shape index (κ3) is 6.72. The first-order valence-electron chi connectivity index (χ1n) is 7.74. The Bertz CT molecular complexity index is 495. The Labute approximate surface area is 132 Å². The number of amides is 2. The summed E-state index contributed by atoms with van der Waals surface area (Å²) in [6.45, 7) is 8.06. The second kappa shape index (κ2) is 8.54. The molecule has 0 aliphatic carbocycles. The molecule has 0 fully saturated rings. The van der Waals surface area contributed by atoms with Crippen LogP contribution in [0.5, 0.6) is 0 Å². The van der Waals surface area contributed by atoms with Gasteiger partial charge < -0.3 is 16.4 Å². The maximum atomic E-state index is 11.9. The van der Waals surface area contributed by atoms with Gasteiger partial charge >= 0.3 is 0 Å². The monoisotopic (exact) mass is 305 g/mol. The average molecular weight is 305 g/mol. The summed E-state index contributed by atoms with van der Waals surface area (Å²) >= 11 is 0. The third-order valence-electron chi connectivity index (χ3n) is 3.09. The normalized spacial score (nSPS) is 12.3. The van der Waals surface area contributed by atoms with Gasteiger partial charge in [-0.1, -0.05) is 27.7 Å². The van der Waals surface area contributed by atoms with Crippen LogP contribution in [0.3, 0.4) is 0 Å². The molecule has 0 bridgehead atoms. The second-order valence-corrected chi connectivity index (χ2v) is 6.45. The molecular weight excluding hydrogens is 278 g/mol. The number of hydrogen-bond donors (Lipinski definition) is 3. The molecule has 5 heteroatoms. The van der Waals surface area contributed by atoms with Gasteiger partial charge in [-0.3, -0.25) is 9.59 Å². The van der Waals surface area contributed by atoms with Crippen LogP contribution in [0.15, 0.2) is 24.3 Å². The molecule has 1 aromatic carbocycles. The highest BCUT2D eigenvalue weighted by molar-refractivity contribution is 5.95. The third-order valence-corrected chi connectivity index (χ3v) is 3.09. The Kier molecular flexibility index (Phi) is 7.05. The van der Waals surface area contributed by atoms with E-state index in [-0.39, 0.29) is 11.8 Å². The Morgan fingerprint density at radius 2 is 1.45 bits per heavy atom. The minimum Gasteiger partial charge on any atom is -0.326 e. The van der Waals surface area contributed by atoms with Gasteiger partial charge in [0.25, 0.3) is 0 Å². The summed E-state index contributed by atoms with van der Waals surface area (Å²) in [5, 5.41) is 5.61. The molecule has 0 aliphatic heterocycles. The quantitative estimate of drug-likeness (QED) is 0.724. The minimum atomic E-state index is -0.509. The van der Waals surface area contributed by atoms with Gasteiger partial charge in [-0.05, 0) is 42.5 Å². The van der Waals surface area contributed by atoms with Gasteiger partial charge in [0.2, 0.25) is 11.8 Å². The maximum Gasteiger partial charge on any atom is 0.241 e. The number of benzene rings is 1. The predicted molar refractivity (Wildman–Crippen MR) is 90.6 cm³/mol. The number of carbonyl (C=O) groups is 2. The molecule has 1 atom stereocenters. The van der Waals surface area contributed by atoms with Crippen LogP contribution in [-0.2, 0) is 9.59 Å². The molecule has 0 spiro atoms. The first-order valence-corrected chi connectivity index (χ1v) is 7.74. The van der Waals surface area contributed by atoms with E-state index in [0.717, 1.165) is 5.69 Å². The highest BCUT2D eigenvalue weighted by atomic mass is 16.2. The predicted octanol–water partition coefficient (Wildman–Crippen LogP) is 2.98. The number of nitrogens with two attached hydrogens (primary N) is 1.